The predicted molar refractivity (Wildman–Crippen MR) is 53.3 cm³/mol. The fourth-order valence-corrected chi connectivity index (χ4v) is 1.84. The number of aliphatic hydroxyl groups excluding tert-OH is 1. The van der Waals surface area contributed by atoms with Crippen molar-refractivity contribution < 1.29 is 27.8 Å². The molecule has 1 rings (SSSR count). The second kappa shape index (κ2) is 6.20. The van der Waals surface area contributed by atoms with Crippen LogP contribution in [0.2, 0.25) is 0 Å². The molecule has 1 aliphatic rings. The van der Waals surface area contributed by atoms with Crippen LogP contribution in [-0.2, 0) is 9.53 Å². The van der Waals surface area contributed by atoms with E-state index in [1.807, 2.05) is 0 Å². The van der Waals surface area contributed by atoms with E-state index in [0.717, 1.165) is 12.8 Å². The lowest BCUT2D eigenvalue weighted by Crippen LogP contribution is -2.38. The summed E-state index contributed by atoms with van der Waals surface area (Å²) in [5.41, 5.74) is 0. The van der Waals surface area contributed by atoms with E-state index in [1.54, 1.807) is 0 Å². The Balaban J connectivity index is 2.21. The zero-order valence-corrected chi connectivity index (χ0v) is 9.37. The summed E-state index contributed by atoms with van der Waals surface area (Å²) in [6.45, 7) is -1.12. The van der Waals surface area contributed by atoms with Crippen LogP contribution in [0.1, 0.15) is 19.3 Å². The maximum absolute atomic E-state index is 11.7. The molecule has 0 spiro atoms. The lowest BCUT2D eigenvalue weighted by molar-refractivity contribution is -0.175. The van der Waals surface area contributed by atoms with E-state index in [0.29, 0.717) is 6.54 Å². The first-order valence-electron chi connectivity index (χ1n) is 5.49. The van der Waals surface area contributed by atoms with Crippen LogP contribution >= 0.6 is 0 Å². The second-order valence-corrected chi connectivity index (χ2v) is 3.98. The SMILES string of the molecule is O=C(CCOCC(F)(F)F)N1CCC[C@@H]1CO. The summed E-state index contributed by atoms with van der Waals surface area (Å²) in [6, 6.07) is -0.190. The van der Waals surface area contributed by atoms with Gasteiger partial charge in [-0.3, -0.25) is 4.79 Å². The molecule has 0 aliphatic carbocycles. The van der Waals surface area contributed by atoms with Crippen molar-refractivity contribution in [2.45, 2.75) is 31.5 Å². The lowest BCUT2D eigenvalue weighted by Gasteiger charge is -2.22. The Bertz CT molecular complexity index is 258. The van der Waals surface area contributed by atoms with E-state index in [-0.39, 0.29) is 31.6 Å². The number of carbonyl (C=O) groups is 1. The summed E-state index contributed by atoms with van der Waals surface area (Å²) < 4.78 is 39.6. The summed E-state index contributed by atoms with van der Waals surface area (Å²) in [5, 5.41) is 8.99. The molecule has 1 atom stereocenters. The third kappa shape index (κ3) is 4.91. The molecule has 1 amide bonds. The van der Waals surface area contributed by atoms with Gasteiger partial charge in [-0.05, 0) is 12.8 Å². The topological polar surface area (TPSA) is 49.8 Å². The number of aliphatic hydroxyl groups is 1. The Morgan fingerprint density at radius 1 is 1.47 bits per heavy atom. The van der Waals surface area contributed by atoms with E-state index >= 15 is 0 Å². The van der Waals surface area contributed by atoms with Crippen molar-refractivity contribution in [3.8, 4) is 0 Å². The second-order valence-electron chi connectivity index (χ2n) is 3.98. The van der Waals surface area contributed by atoms with Crippen molar-refractivity contribution in [2.24, 2.45) is 0 Å². The van der Waals surface area contributed by atoms with Crippen molar-refractivity contribution in [3.63, 3.8) is 0 Å². The van der Waals surface area contributed by atoms with Crippen LogP contribution in [-0.4, -0.2) is 54.5 Å². The monoisotopic (exact) mass is 255 g/mol. The number of hydrogen-bond acceptors (Lipinski definition) is 3. The molecule has 1 saturated heterocycles. The Kier molecular flexibility index (Phi) is 5.20. The van der Waals surface area contributed by atoms with E-state index in [4.69, 9.17) is 5.11 Å². The van der Waals surface area contributed by atoms with Gasteiger partial charge in [0, 0.05) is 6.54 Å². The molecule has 0 saturated carbocycles. The largest absolute Gasteiger partial charge is 0.411 e. The number of hydrogen-bond donors (Lipinski definition) is 1. The Labute approximate surface area is 97.3 Å². The van der Waals surface area contributed by atoms with Gasteiger partial charge in [0.05, 0.1) is 25.7 Å². The van der Waals surface area contributed by atoms with Crippen LogP contribution in [0.25, 0.3) is 0 Å². The number of alkyl halides is 3. The zero-order valence-electron chi connectivity index (χ0n) is 9.37. The molecule has 4 nitrogen and oxygen atoms in total. The predicted octanol–water partition coefficient (Wildman–Crippen LogP) is 0.939. The number of nitrogens with zero attached hydrogens (tertiary/aromatic N) is 1. The number of amides is 1. The first kappa shape index (κ1) is 14.2. The highest BCUT2D eigenvalue weighted by molar-refractivity contribution is 5.76. The van der Waals surface area contributed by atoms with Gasteiger partial charge in [-0.15, -0.1) is 0 Å². The zero-order chi connectivity index (χ0) is 12.9. The first-order chi connectivity index (χ1) is 7.94. The van der Waals surface area contributed by atoms with E-state index in [1.165, 1.54) is 4.90 Å². The molecule has 7 heteroatoms. The van der Waals surface area contributed by atoms with E-state index in [2.05, 4.69) is 4.74 Å². The number of halogens is 3. The Morgan fingerprint density at radius 3 is 2.76 bits per heavy atom. The highest BCUT2D eigenvalue weighted by Gasteiger charge is 2.29. The van der Waals surface area contributed by atoms with Crippen LogP contribution in [0.15, 0.2) is 0 Å². The van der Waals surface area contributed by atoms with Crippen LogP contribution < -0.4 is 0 Å². The number of carbonyl (C=O) groups excluding carboxylic acids is 1. The summed E-state index contributed by atoms with van der Waals surface area (Å²) in [6.07, 6.45) is -2.87. The molecular weight excluding hydrogens is 239 g/mol. The van der Waals surface area contributed by atoms with E-state index < -0.39 is 12.8 Å². The smallest absolute Gasteiger partial charge is 0.394 e. The maximum atomic E-state index is 11.7. The van der Waals surface area contributed by atoms with Crippen molar-refractivity contribution in [2.75, 3.05) is 26.4 Å². The maximum Gasteiger partial charge on any atom is 0.411 e. The van der Waals surface area contributed by atoms with Crippen molar-refractivity contribution >= 4 is 5.91 Å². The molecule has 0 bridgehead atoms. The van der Waals surface area contributed by atoms with Crippen LogP contribution in [0, 0.1) is 0 Å². The molecule has 0 radical (unpaired) electrons. The van der Waals surface area contributed by atoms with Gasteiger partial charge in [0.25, 0.3) is 0 Å². The van der Waals surface area contributed by atoms with Gasteiger partial charge in [-0.25, -0.2) is 0 Å². The molecule has 1 N–H and O–H groups in total. The van der Waals surface area contributed by atoms with Gasteiger partial charge in [0.1, 0.15) is 6.61 Å². The molecule has 17 heavy (non-hydrogen) atoms. The molecule has 100 valence electrons. The van der Waals surface area contributed by atoms with Crippen LogP contribution in [0.4, 0.5) is 13.2 Å². The molecular formula is C10H16F3NO3. The minimum absolute atomic E-state index is 0.0768. The van der Waals surface area contributed by atoms with Crippen molar-refractivity contribution in [3.05, 3.63) is 0 Å². The minimum Gasteiger partial charge on any atom is -0.394 e. The van der Waals surface area contributed by atoms with Gasteiger partial charge in [0.2, 0.25) is 5.91 Å². The van der Waals surface area contributed by atoms with Crippen molar-refractivity contribution in [1.82, 2.24) is 4.90 Å². The molecule has 0 aromatic carbocycles. The number of ether oxygens (including phenoxy) is 1. The number of likely N-dealkylation sites (tertiary alicyclic amines) is 1. The fourth-order valence-electron chi connectivity index (χ4n) is 1.84. The molecule has 0 aromatic heterocycles. The van der Waals surface area contributed by atoms with E-state index in [9.17, 15) is 18.0 Å². The molecule has 1 heterocycles. The summed E-state index contributed by atoms with van der Waals surface area (Å²) in [5.74, 6) is -0.260. The highest BCUT2D eigenvalue weighted by Crippen LogP contribution is 2.18. The van der Waals surface area contributed by atoms with Gasteiger partial charge >= 0.3 is 6.18 Å². The van der Waals surface area contributed by atoms with Gasteiger partial charge in [0.15, 0.2) is 0 Å². The van der Waals surface area contributed by atoms with Crippen LogP contribution in [0.3, 0.4) is 0 Å². The Morgan fingerprint density at radius 2 is 2.18 bits per heavy atom. The van der Waals surface area contributed by atoms with Gasteiger partial charge in [-0.2, -0.15) is 13.2 Å². The van der Waals surface area contributed by atoms with Gasteiger partial charge in [-0.1, -0.05) is 0 Å². The minimum atomic E-state index is -4.36. The van der Waals surface area contributed by atoms with Crippen molar-refractivity contribution in [1.29, 1.82) is 0 Å². The molecule has 1 aliphatic heterocycles. The average Bonchev–Trinajstić information content (AvgIpc) is 2.70. The Hall–Kier alpha value is -0.820. The summed E-state index contributed by atoms with van der Waals surface area (Å²) >= 11 is 0. The molecule has 1 fully saturated rings. The highest BCUT2D eigenvalue weighted by atomic mass is 19.4. The summed E-state index contributed by atoms with van der Waals surface area (Å²) in [4.78, 5) is 13.1. The standard InChI is InChI=1S/C10H16F3NO3/c11-10(12,13)7-17-5-3-9(16)14-4-1-2-8(14)6-15/h8,15H,1-7H2/t8-/m1/s1. The fraction of sp³-hybridized carbons (Fsp3) is 0.900. The number of rotatable bonds is 5. The lowest BCUT2D eigenvalue weighted by atomic mass is 10.2. The quantitative estimate of drug-likeness (QED) is 0.744. The van der Waals surface area contributed by atoms with Gasteiger partial charge < -0.3 is 14.7 Å². The molecule has 0 aromatic rings. The third-order valence-corrected chi connectivity index (χ3v) is 2.63. The summed E-state index contributed by atoms with van der Waals surface area (Å²) in [7, 11) is 0. The van der Waals surface area contributed by atoms with Crippen LogP contribution in [0.5, 0.6) is 0 Å². The third-order valence-electron chi connectivity index (χ3n) is 2.63. The normalized spacial score (nSPS) is 20.9. The molecule has 0 unspecified atom stereocenters. The average molecular weight is 255 g/mol. The first-order valence-corrected chi connectivity index (χ1v) is 5.49.